The Morgan fingerprint density at radius 2 is 0.800 bits per heavy atom. The molecular weight excluding hydrogens is 1790 g/mol. The second-order valence-corrected chi connectivity index (χ2v) is 43.9. The molecule has 2 unspecified atom stereocenters. The van der Waals surface area contributed by atoms with Crippen molar-refractivity contribution >= 4 is 35.6 Å². The molecule has 0 bridgehead atoms. The molecule has 17 fully saturated rings. The molecule has 17 aliphatic heterocycles. The Morgan fingerprint density at radius 3 is 1.20 bits per heavy atom. The number of hydrogen-bond acceptors (Lipinski definition) is 28. The van der Waals surface area contributed by atoms with Crippen LogP contribution >= 0.6 is 11.8 Å². The van der Waals surface area contributed by atoms with E-state index in [0.29, 0.717) is 43.4 Å². The lowest BCUT2D eigenvalue weighted by Gasteiger charge is -2.42. The number of halogens is 10. The topological polar surface area (TPSA) is 210 Å². The zero-order valence-corrected chi connectivity index (χ0v) is 85.5. The molecule has 135 heavy (non-hydrogen) atoms. The zero-order chi connectivity index (χ0) is 98.7. The van der Waals surface area contributed by atoms with Crippen LogP contribution in [0.2, 0.25) is 0 Å². The summed E-state index contributed by atoms with van der Waals surface area (Å²) in [6, 6.07) is 1.32. The summed E-state index contributed by atoms with van der Waals surface area (Å²) in [6.45, 7) is 24.4. The number of cyclic esters (lactones) is 1. The summed E-state index contributed by atoms with van der Waals surface area (Å²) in [5.74, 6) is -11.6. The van der Waals surface area contributed by atoms with Gasteiger partial charge in [0, 0.05) is 137 Å². The van der Waals surface area contributed by atoms with Gasteiger partial charge in [-0.1, -0.05) is 0 Å². The number of ether oxygens (including phenoxy) is 4. The van der Waals surface area contributed by atoms with E-state index < -0.39 is 48.2 Å². The van der Waals surface area contributed by atoms with Gasteiger partial charge in [0.25, 0.3) is 35.5 Å². The average Bonchev–Trinajstić information content (AvgIpc) is 1.61. The molecule has 17 saturated heterocycles. The first-order valence-electron chi connectivity index (χ1n) is 50.7. The number of likely N-dealkylation sites (N-methyl/N-ethyl adjacent to an activating group) is 1. The maximum atomic E-state index is 13.7. The highest BCUT2D eigenvalue weighted by molar-refractivity contribution is 7.99. The molecule has 784 valence electrons. The van der Waals surface area contributed by atoms with Gasteiger partial charge in [-0.15, -0.1) is 11.8 Å². The van der Waals surface area contributed by atoms with Crippen molar-refractivity contribution in [3.63, 3.8) is 0 Å². The molecule has 17 heterocycles. The number of rotatable bonds is 16. The van der Waals surface area contributed by atoms with Crippen LogP contribution in [0.1, 0.15) is 188 Å². The number of nitrogens with zero attached hydrogens (tertiary/aromatic N) is 17. The first-order chi connectivity index (χ1) is 63.8. The minimum Gasteiger partial charge on any atom is -0.468 e. The molecule has 0 aliphatic carbocycles. The van der Waals surface area contributed by atoms with Crippen molar-refractivity contribution in [1.82, 2.24) is 83.5 Å². The van der Waals surface area contributed by atoms with Crippen LogP contribution in [0, 0.1) is 0 Å². The number of aliphatic hydroxyl groups is 2. The number of hydrogen-bond donors (Lipinski definition) is 2. The Morgan fingerprint density at radius 1 is 0.444 bits per heavy atom. The molecule has 1 spiro atoms. The zero-order valence-electron chi connectivity index (χ0n) is 84.7. The van der Waals surface area contributed by atoms with Crippen molar-refractivity contribution in [3.05, 3.63) is 0 Å². The van der Waals surface area contributed by atoms with Gasteiger partial charge < -0.3 is 68.4 Å². The second-order valence-electron chi connectivity index (χ2n) is 42.9. The summed E-state index contributed by atoms with van der Waals surface area (Å²) in [5, 5.41) is 19.9. The number of methoxy groups -OCH3 is 3. The number of amides is 1. The van der Waals surface area contributed by atoms with E-state index in [-0.39, 0.29) is 148 Å². The molecule has 1 amide bonds. The number of likely N-dealkylation sites (tertiary alicyclic amines) is 15. The molecule has 0 aromatic rings. The number of carbonyl (C=O) groups excluding carboxylic acids is 4. The predicted octanol–water partition coefficient (Wildman–Crippen LogP) is 8.61. The lowest BCUT2D eigenvalue weighted by molar-refractivity contribution is -0.174. The number of aliphatic hydroxyl groups excluding tert-OH is 2. The van der Waals surface area contributed by atoms with Gasteiger partial charge in [0.2, 0.25) is 0 Å². The van der Waals surface area contributed by atoms with E-state index in [1.807, 2.05) is 52.3 Å². The largest absolute Gasteiger partial charge is 0.468 e. The fraction of sp³-hybridized carbons (Fsp3) is 0.958. The first kappa shape index (κ1) is 114. The molecule has 0 radical (unpaired) electrons. The van der Waals surface area contributed by atoms with Crippen LogP contribution in [0.3, 0.4) is 0 Å². The third-order valence-electron chi connectivity index (χ3n) is 32.6. The molecular formula is C96H173F10N17O11S. The molecule has 0 aromatic heterocycles. The summed E-state index contributed by atoms with van der Waals surface area (Å²) in [7, 11) is 24.2. The highest BCUT2D eigenvalue weighted by Gasteiger charge is 2.57. The maximum Gasteiger partial charge on any atom is 0.326 e. The molecule has 2 N–H and O–H groups in total. The maximum absolute atomic E-state index is 13.7. The lowest BCUT2D eigenvalue weighted by atomic mass is 9.91. The van der Waals surface area contributed by atoms with E-state index in [9.17, 15) is 68.2 Å². The number of thioether (sulfide) groups is 1. The van der Waals surface area contributed by atoms with Crippen molar-refractivity contribution in [3.8, 4) is 0 Å². The Kier molecular flexibility index (Phi) is 43.3. The number of esters is 3. The standard InChI is InChI=1S/C13H23F2N3O2.C13H22N2O2.C13H24N2O2.2C12H22F2N2O.C11H20F2N2O.C11H20F2N2.C11H20N2O2S/c1-16-6-4-10(5-7-16)18-9-13(14,15)8-11(18)12(19)17(2)20-3;1-14-8-3-11(4-9-14)15-7-2-5-13(15)6-10-17-12(13)16;1-13(12(16)17-3)7-4-8-15(13)11-5-9-14(2)10-6-11;1-15-5-3-10(4-6-15)16-9-12(13,14)7-11(16)8-17-2;1-9(17)11-7-12(13,14)8-16(11)10-3-5-15(2)6-4-10;1-14-4-2-9(3-5-14)15-8-11(12,13)6-10(15)7-16;1-9-7-11(12,13)8-15(9)10-3-5-14(2)6-4-10;1-12-5-3-9(4-6-12)13-8-16-7-10(13)11(14)15-2/h10-11H,4-9H2,1-3H3;11H,2-10H2,1H3;11H,4-10H2,1-3H3;10-11H,3-9H2,1-2H3;9-11,17H,3-8H2,1-2H3;9-10,16H,2-8H2,1H3;9-10H,3-8H2,1-2H3;9-10H,3-8H2,1-2H3/t11-;;13-;11-;9?,11-;10-;9-;10-/m1.111101/s1. The first-order valence-corrected chi connectivity index (χ1v) is 51.9. The van der Waals surface area contributed by atoms with Crippen molar-refractivity contribution < 1.29 is 97.1 Å². The third-order valence-corrected chi connectivity index (χ3v) is 33.7. The molecule has 0 aromatic carbocycles. The van der Waals surface area contributed by atoms with Crippen LogP contribution in [0.25, 0.3) is 0 Å². The van der Waals surface area contributed by atoms with E-state index in [0.717, 1.165) is 231 Å². The molecule has 17 rings (SSSR count). The van der Waals surface area contributed by atoms with E-state index in [1.54, 1.807) is 18.9 Å². The fourth-order valence-corrected chi connectivity index (χ4v) is 25.7. The van der Waals surface area contributed by atoms with E-state index in [1.165, 1.54) is 66.9 Å². The lowest BCUT2D eigenvalue weighted by Crippen LogP contribution is -2.55. The predicted molar refractivity (Wildman–Crippen MR) is 506 cm³/mol. The van der Waals surface area contributed by atoms with Crippen LogP contribution in [0.5, 0.6) is 0 Å². The Hall–Kier alpha value is -3.27. The fourth-order valence-electron chi connectivity index (χ4n) is 24.4. The Bertz CT molecular complexity index is 3540. The molecule has 17 aliphatic rings. The van der Waals surface area contributed by atoms with Gasteiger partial charge in [0.05, 0.1) is 86.0 Å². The molecule has 9 atom stereocenters. The highest BCUT2D eigenvalue weighted by Crippen LogP contribution is 2.45. The summed E-state index contributed by atoms with van der Waals surface area (Å²) < 4.78 is 155. The summed E-state index contributed by atoms with van der Waals surface area (Å²) in [6.07, 6.45) is 20.2. The summed E-state index contributed by atoms with van der Waals surface area (Å²) >= 11 is 1.84. The smallest absolute Gasteiger partial charge is 0.326 e. The third kappa shape index (κ3) is 31.9. The normalized spacial score (nSPS) is 32.7. The summed E-state index contributed by atoms with van der Waals surface area (Å²) in [5.41, 5.74) is -0.615. The number of hydroxylamine groups is 2. The van der Waals surface area contributed by atoms with Crippen LogP contribution in [-0.2, 0) is 43.0 Å². The van der Waals surface area contributed by atoms with Crippen LogP contribution in [0.15, 0.2) is 0 Å². The van der Waals surface area contributed by atoms with E-state index in [4.69, 9.17) is 28.9 Å². The van der Waals surface area contributed by atoms with Crippen LogP contribution in [0.4, 0.5) is 43.9 Å². The van der Waals surface area contributed by atoms with Crippen molar-refractivity contribution in [1.29, 1.82) is 0 Å². The average molecular weight is 1960 g/mol. The second kappa shape index (κ2) is 51.5. The van der Waals surface area contributed by atoms with Gasteiger partial charge in [0.15, 0.2) is 0 Å². The van der Waals surface area contributed by atoms with Gasteiger partial charge in [-0.05, 0) is 323 Å². The monoisotopic (exact) mass is 1960 g/mol. The van der Waals surface area contributed by atoms with Gasteiger partial charge in [-0.3, -0.25) is 63.2 Å². The van der Waals surface area contributed by atoms with Crippen molar-refractivity contribution in [2.75, 3.05) is 274 Å². The minimum atomic E-state index is -2.79. The summed E-state index contributed by atoms with van der Waals surface area (Å²) in [4.78, 5) is 87.5. The number of alkyl halides is 10. The van der Waals surface area contributed by atoms with Crippen LogP contribution in [-0.4, -0.2) is 523 Å². The Balaban J connectivity index is 0.000000160. The molecule has 39 heteroatoms. The number of carbonyl (C=O) groups is 4. The van der Waals surface area contributed by atoms with E-state index >= 15 is 0 Å². The Labute approximate surface area is 805 Å². The van der Waals surface area contributed by atoms with Gasteiger partial charge >= 0.3 is 17.9 Å². The van der Waals surface area contributed by atoms with Gasteiger partial charge in [-0.25, -0.2) is 49.0 Å². The van der Waals surface area contributed by atoms with Crippen LogP contribution < -0.4 is 0 Å². The van der Waals surface area contributed by atoms with Crippen molar-refractivity contribution in [2.24, 2.45) is 0 Å². The van der Waals surface area contributed by atoms with Gasteiger partial charge in [-0.2, -0.15) is 0 Å². The van der Waals surface area contributed by atoms with Crippen molar-refractivity contribution in [2.45, 2.75) is 319 Å². The molecule has 28 nitrogen and oxygen atoms in total. The SMILES string of the molecule is CC(O)[C@H]1CC(F)(F)CN1C1CCN(C)CC1.CN1CCC(N2CC(F)(F)C[C@@H]2CO)CC1.CN1CCC(N2CCCC23CCOC3=O)CC1.COC(=O)[C@@]1(C)CCCN1C1CCN(C)CC1.COC(=O)[C@H]1CSCN1C1CCN(C)CC1.COC[C@H]1CC(F)(F)CN1C1CCN(C)CC1.CON(C)C(=O)[C@H]1CC(F)(F)CN1C1CCN(C)CC1.C[C@H]1CC(F)(F)CN1C1CCN(C)CC1. The molecule has 0 saturated carbocycles. The van der Waals surface area contributed by atoms with Gasteiger partial charge in [0.1, 0.15) is 17.1 Å². The van der Waals surface area contributed by atoms with E-state index in [2.05, 4.69) is 103 Å². The quantitative estimate of drug-likeness (QED) is 0.0641. The minimum absolute atomic E-state index is 0.0107. The highest BCUT2D eigenvalue weighted by atomic mass is 32.2. The number of piperidine rings is 8.